The molecule has 0 spiro atoms. The normalized spacial score (nSPS) is 16.5. The van der Waals surface area contributed by atoms with Crippen molar-refractivity contribution in [2.75, 3.05) is 26.2 Å². The highest BCUT2D eigenvalue weighted by atomic mass is 35.5. The number of hydrogen-bond acceptors (Lipinski definition) is 3. The van der Waals surface area contributed by atoms with Crippen LogP contribution in [0.2, 0.25) is 5.02 Å². The zero-order valence-corrected chi connectivity index (χ0v) is 16.3. The summed E-state index contributed by atoms with van der Waals surface area (Å²) in [5.41, 5.74) is 0.944. The van der Waals surface area contributed by atoms with Gasteiger partial charge in [-0.15, -0.1) is 38.0 Å². The summed E-state index contributed by atoms with van der Waals surface area (Å²) >= 11 is 6.00. The van der Waals surface area contributed by atoms with Gasteiger partial charge in [0.05, 0.1) is 5.02 Å². The van der Waals surface area contributed by atoms with Crippen molar-refractivity contribution in [2.24, 2.45) is 0 Å². The van der Waals surface area contributed by atoms with Crippen LogP contribution in [0, 0.1) is 0 Å². The molecule has 1 aliphatic heterocycles. The van der Waals surface area contributed by atoms with Crippen molar-refractivity contribution in [1.82, 2.24) is 10.2 Å². The molecule has 0 aromatic heterocycles. The van der Waals surface area contributed by atoms with Crippen LogP contribution in [0.5, 0.6) is 5.75 Å². The molecule has 0 aliphatic carbocycles. The highest BCUT2D eigenvalue weighted by Gasteiger charge is 2.32. The fraction of sp³-hybridized carbons (Fsp3) is 0.625. The predicted octanol–water partition coefficient (Wildman–Crippen LogP) is 5.22. The number of nitrogens with one attached hydrogen (secondary N) is 1. The van der Waals surface area contributed by atoms with Gasteiger partial charge in [-0.2, -0.15) is 0 Å². The highest BCUT2D eigenvalue weighted by molar-refractivity contribution is 6.32. The molecule has 1 fully saturated rings. The Hall–Kier alpha value is -0.400. The Balaban J connectivity index is 0.00000288. The number of alkyl halides is 3. The smallest absolute Gasteiger partial charge is 0.404 e. The minimum Gasteiger partial charge on any atom is -0.404 e. The lowest BCUT2D eigenvalue weighted by Gasteiger charge is -2.35. The Labute approximate surface area is 164 Å². The number of nitrogens with zero attached hydrogens (tertiary/aromatic N) is 1. The van der Waals surface area contributed by atoms with E-state index in [-0.39, 0.29) is 41.6 Å². The second-order valence-corrected chi connectivity index (χ2v) is 6.09. The van der Waals surface area contributed by atoms with E-state index in [4.69, 9.17) is 11.6 Å². The molecule has 25 heavy (non-hydrogen) atoms. The lowest BCUT2D eigenvalue weighted by atomic mass is 9.98. The van der Waals surface area contributed by atoms with Crippen LogP contribution in [0.15, 0.2) is 18.2 Å². The number of ether oxygens (including phenoxy) is 1. The molecule has 1 saturated heterocycles. The van der Waals surface area contributed by atoms with Gasteiger partial charge in [-0.3, -0.25) is 4.90 Å². The molecule has 1 aromatic carbocycles. The zero-order valence-electron chi connectivity index (χ0n) is 13.9. The number of hydrogen-bond donors (Lipinski definition) is 1. The van der Waals surface area contributed by atoms with E-state index in [1.807, 2.05) is 0 Å². The number of benzene rings is 1. The van der Waals surface area contributed by atoms with E-state index in [0.29, 0.717) is 0 Å². The van der Waals surface area contributed by atoms with Crippen LogP contribution in [0.4, 0.5) is 13.2 Å². The lowest BCUT2D eigenvalue weighted by molar-refractivity contribution is -0.274. The summed E-state index contributed by atoms with van der Waals surface area (Å²) in [5.74, 6) is -0.350. The third-order valence-corrected chi connectivity index (χ3v) is 4.29. The van der Waals surface area contributed by atoms with Crippen molar-refractivity contribution < 1.29 is 17.9 Å². The standard InChI is InChI=1S/C16H22ClF3N2O.2ClH/c1-2-3-4-14(22-9-7-21-8-10-22)12-5-6-15(13(17)11-12)23-16(18,19)20;;/h5-6,11,14,21H,2-4,7-10H2,1H3;2*1H/t14-;;/m0../s1. The fourth-order valence-corrected chi connectivity index (χ4v) is 3.11. The molecular formula is C16H24Cl3F3N2O. The van der Waals surface area contributed by atoms with Crippen LogP contribution >= 0.6 is 36.4 Å². The van der Waals surface area contributed by atoms with E-state index in [0.717, 1.165) is 51.0 Å². The first-order valence-corrected chi connectivity index (χ1v) is 8.28. The quantitative estimate of drug-likeness (QED) is 0.679. The molecule has 1 atom stereocenters. The van der Waals surface area contributed by atoms with Gasteiger partial charge in [-0.25, -0.2) is 0 Å². The number of rotatable bonds is 6. The van der Waals surface area contributed by atoms with Crippen LogP contribution in [-0.4, -0.2) is 37.4 Å². The maximum absolute atomic E-state index is 12.3. The van der Waals surface area contributed by atoms with Crippen molar-refractivity contribution >= 4 is 36.4 Å². The van der Waals surface area contributed by atoms with Gasteiger partial charge < -0.3 is 10.1 Å². The Morgan fingerprint density at radius 3 is 2.40 bits per heavy atom. The van der Waals surface area contributed by atoms with Gasteiger partial charge >= 0.3 is 6.36 Å². The number of unbranched alkanes of at least 4 members (excludes halogenated alkanes) is 1. The average Bonchev–Trinajstić information content (AvgIpc) is 2.50. The van der Waals surface area contributed by atoms with Crippen LogP contribution < -0.4 is 10.1 Å². The minimum absolute atomic E-state index is 0. The molecule has 9 heteroatoms. The molecular weight excluding hydrogens is 400 g/mol. The lowest BCUT2D eigenvalue weighted by Crippen LogP contribution is -2.45. The first-order chi connectivity index (χ1) is 10.9. The van der Waals surface area contributed by atoms with Crippen molar-refractivity contribution in [1.29, 1.82) is 0 Å². The van der Waals surface area contributed by atoms with Crippen LogP contribution in [0.25, 0.3) is 0 Å². The second-order valence-electron chi connectivity index (χ2n) is 5.68. The summed E-state index contributed by atoms with van der Waals surface area (Å²) in [5, 5.41) is 3.31. The van der Waals surface area contributed by atoms with Gasteiger partial charge in [0.1, 0.15) is 5.75 Å². The summed E-state index contributed by atoms with van der Waals surface area (Å²) in [7, 11) is 0. The monoisotopic (exact) mass is 422 g/mol. The summed E-state index contributed by atoms with van der Waals surface area (Å²) < 4.78 is 41.0. The molecule has 2 rings (SSSR count). The van der Waals surface area contributed by atoms with Gasteiger partial charge in [-0.05, 0) is 24.1 Å². The molecule has 146 valence electrons. The molecule has 0 bridgehead atoms. The van der Waals surface area contributed by atoms with E-state index in [2.05, 4.69) is 21.9 Å². The highest BCUT2D eigenvalue weighted by Crippen LogP contribution is 2.35. The van der Waals surface area contributed by atoms with Crippen molar-refractivity contribution in [3.8, 4) is 5.75 Å². The molecule has 1 N–H and O–H groups in total. The van der Waals surface area contributed by atoms with Crippen molar-refractivity contribution in [3.05, 3.63) is 28.8 Å². The summed E-state index contributed by atoms with van der Waals surface area (Å²) in [6.45, 7) is 5.82. The van der Waals surface area contributed by atoms with E-state index in [1.165, 1.54) is 6.07 Å². The van der Waals surface area contributed by atoms with Crippen LogP contribution in [0.3, 0.4) is 0 Å². The number of halogens is 6. The molecule has 3 nitrogen and oxygen atoms in total. The second kappa shape index (κ2) is 11.3. The SMILES string of the molecule is CCCC[C@@H](c1ccc(OC(F)(F)F)c(Cl)c1)N1CCNCC1.Cl.Cl. The maximum atomic E-state index is 12.3. The van der Waals surface area contributed by atoms with Gasteiger partial charge in [0.15, 0.2) is 0 Å². The molecule has 0 amide bonds. The first-order valence-electron chi connectivity index (χ1n) is 7.90. The summed E-state index contributed by atoms with van der Waals surface area (Å²) in [4.78, 5) is 2.36. The topological polar surface area (TPSA) is 24.5 Å². The van der Waals surface area contributed by atoms with E-state index < -0.39 is 6.36 Å². The fourth-order valence-electron chi connectivity index (χ4n) is 2.88. The minimum atomic E-state index is -4.73. The van der Waals surface area contributed by atoms with Crippen LogP contribution in [-0.2, 0) is 0 Å². The molecule has 0 unspecified atom stereocenters. The summed E-state index contributed by atoms with van der Waals surface area (Å²) in [6, 6.07) is 4.78. The van der Waals surface area contributed by atoms with E-state index in [1.54, 1.807) is 12.1 Å². The van der Waals surface area contributed by atoms with Crippen molar-refractivity contribution in [2.45, 2.75) is 38.6 Å². The largest absolute Gasteiger partial charge is 0.573 e. The Morgan fingerprint density at radius 2 is 1.88 bits per heavy atom. The van der Waals surface area contributed by atoms with Gasteiger partial charge in [0.2, 0.25) is 0 Å². The van der Waals surface area contributed by atoms with E-state index in [9.17, 15) is 13.2 Å². The molecule has 0 saturated carbocycles. The van der Waals surface area contributed by atoms with E-state index >= 15 is 0 Å². The maximum Gasteiger partial charge on any atom is 0.573 e. The molecule has 1 aliphatic rings. The van der Waals surface area contributed by atoms with Crippen LogP contribution in [0.1, 0.15) is 37.8 Å². The number of piperazine rings is 1. The third-order valence-electron chi connectivity index (χ3n) is 3.99. The Morgan fingerprint density at radius 1 is 1.24 bits per heavy atom. The molecule has 0 radical (unpaired) electrons. The molecule has 1 aromatic rings. The summed E-state index contributed by atoms with van der Waals surface area (Å²) in [6.07, 6.45) is -1.63. The predicted molar refractivity (Wildman–Crippen MR) is 99.3 cm³/mol. The third kappa shape index (κ3) is 7.79. The first kappa shape index (κ1) is 24.6. The molecule has 1 heterocycles. The van der Waals surface area contributed by atoms with Gasteiger partial charge in [0, 0.05) is 32.2 Å². The Kier molecular flexibility index (Phi) is 11.2. The van der Waals surface area contributed by atoms with Crippen molar-refractivity contribution in [3.63, 3.8) is 0 Å². The average molecular weight is 424 g/mol. The zero-order chi connectivity index (χ0) is 16.9. The van der Waals surface area contributed by atoms with Gasteiger partial charge in [0.25, 0.3) is 0 Å². The Bertz CT molecular complexity index is 512. The van der Waals surface area contributed by atoms with Gasteiger partial charge in [-0.1, -0.05) is 37.4 Å².